The molecule has 0 aliphatic carbocycles. The van der Waals surface area contributed by atoms with E-state index in [2.05, 4.69) is 15.1 Å². The second-order valence-electron chi connectivity index (χ2n) is 4.55. The van der Waals surface area contributed by atoms with Crippen molar-refractivity contribution in [1.82, 2.24) is 4.98 Å². The van der Waals surface area contributed by atoms with Gasteiger partial charge < -0.3 is 5.11 Å². The number of aryl methyl sites for hydroxylation is 1. The Morgan fingerprint density at radius 2 is 2.09 bits per heavy atom. The van der Waals surface area contributed by atoms with Gasteiger partial charge >= 0.3 is 16.5 Å². The van der Waals surface area contributed by atoms with E-state index in [0.717, 1.165) is 23.3 Å². The maximum Gasteiger partial charge on any atom is 0.437 e. The summed E-state index contributed by atoms with van der Waals surface area (Å²) in [6, 6.07) is 7.49. The molecule has 1 aromatic carbocycles. The van der Waals surface area contributed by atoms with Gasteiger partial charge in [0.2, 0.25) is 16.8 Å². The van der Waals surface area contributed by atoms with Crippen molar-refractivity contribution in [3.63, 3.8) is 0 Å². The van der Waals surface area contributed by atoms with E-state index >= 15 is 0 Å². The molecular weight excluding hydrogens is 306 g/mol. The van der Waals surface area contributed by atoms with Crippen LogP contribution in [-0.2, 0) is 16.1 Å². The summed E-state index contributed by atoms with van der Waals surface area (Å²) in [5, 5.41) is 13.3. The molecule has 0 fully saturated rings. The van der Waals surface area contributed by atoms with Gasteiger partial charge in [-0.25, -0.2) is 4.79 Å². The zero-order valence-electron chi connectivity index (χ0n) is 11.6. The van der Waals surface area contributed by atoms with E-state index in [4.69, 9.17) is 0 Å². The zero-order chi connectivity index (χ0) is 15.7. The van der Waals surface area contributed by atoms with Crippen LogP contribution in [0.2, 0.25) is 0 Å². The summed E-state index contributed by atoms with van der Waals surface area (Å²) in [6.45, 7) is 2.05. The van der Waals surface area contributed by atoms with Crippen LogP contribution in [0.4, 0.5) is 5.69 Å². The number of aromatic nitrogens is 1. The monoisotopic (exact) mass is 318 g/mol. The van der Waals surface area contributed by atoms with Crippen molar-refractivity contribution in [3.05, 3.63) is 50.1 Å². The standard InChI is InChI=1S/C14H11N3O4S/c1-2-8-3-5-9(6-4-8)17-10(13(19)21-16-17)7-11-12(18)15-14(20)22-11/h3-7H,2H2,1H3,(H-,15,16,18,19,20)/p+1. The van der Waals surface area contributed by atoms with E-state index in [-0.39, 0.29) is 16.5 Å². The average Bonchev–Trinajstić information content (AvgIpc) is 3.03. The van der Waals surface area contributed by atoms with Gasteiger partial charge in [0.1, 0.15) is 0 Å². The molecule has 0 saturated carbocycles. The molecule has 1 aliphatic heterocycles. The van der Waals surface area contributed by atoms with E-state index in [1.165, 1.54) is 10.8 Å². The van der Waals surface area contributed by atoms with Crippen LogP contribution in [0, 0.1) is 0 Å². The van der Waals surface area contributed by atoms with Crippen LogP contribution in [0.1, 0.15) is 17.4 Å². The molecule has 0 spiro atoms. The summed E-state index contributed by atoms with van der Waals surface area (Å²) < 4.78 is 1.32. The van der Waals surface area contributed by atoms with Crippen LogP contribution in [0.5, 0.6) is 5.88 Å². The molecule has 112 valence electrons. The third-order valence-corrected chi connectivity index (χ3v) is 3.97. The average molecular weight is 318 g/mol. The van der Waals surface area contributed by atoms with Crippen molar-refractivity contribution in [2.75, 3.05) is 0 Å². The Kier molecular flexibility index (Phi) is 3.60. The first-order valence-corrected chi connectivity index (χ1v) is 7.35. The first-order chi connectivity index (χ1) is 10.6. The summed E-state index contributed by atoms with van der Waals surface area (Å²) in [5.74, 6) is -0.941. The summed E-state index contributed by atoms with van der Waals surface area (Å²) in [6.07, 6.45) is 2.27. The Morgan fingerprint density at radius 1 is 1.36 bits per heavy atom. The highest BCUT2D eigenvalue weighted by Gasteiger charge is 2.37. The molecule has 0 radical (unpaired) electrons. The quantitative estimate of drug-likeness (QED) is 0.670. The van der Waals surface area contributed by atoms with Crippen molar-refractivity contribution >= 4 is 29.1 Å². The third-order valence-electron chi connectivity index (χ3n) is 3.16. The lowest BCUT2D eigenvalue weighted by Crippen LogP contribution is -2.05. The molecule has 2 aromatic rings. The topological polar surface area (TPSA) is 94.8 Å². The maximum atomic E-state index is 11.8. The predicted molar refractivity (Wildman–Crippen MR) is 78.8 cm³/mol. The molecule has 0 atom stereocenters. The van der Waals surface area contributed by atoms with Gasteiger partial charge in [0.05, 0.1) is 4.88 Å². The lowest BCUT2D eigenvalue weighted by atomic mass is 10.1. The Hall–Kier alpha value is -2.74. The zero-order valence-corrected chi connectivity index (χ0v) is 12.4. The van der Waals surface area contributed by atoms with E-state index < -0.39 is 10.8 Å². The number of H-pyrrole nitrogens is 1. The molecule has 7 nitrogen and oxygen atoms in total. The first-order valence-electron chi connectivity index (χ1n) is 6.53. The van der Waals surface area contributed by atoms with Crippen LogP contribution < -0.4 is 4.87 Å². The molecule has 22 heavy (non-hydrogen) atoms. The Labute approximate surface area is 128 Å². The second-order valence-corrected chi connectivity index (χ2v) is 5.56. The van der Waals surface area contributed by atoms with Crippen molar-refractivity contribution in [2.24, 2.45) is 5.28 Å². The molecule has 0 unspecified atom stereocenters. The molecule has 0 amide bonds. The van der Waals surface area contributed by atoms with E-state index in [0.29, 0.717) is 5.69 Å². The van der Waals surface area contributed by atoms with Crippen LogP contribution in [0.25, 0.3) is 6.08 Å². The SMILES string of the molecule is CCc1ccc([N+]2=NOC(=O)/C2=C\c2sc(=O)[nH]c2O)cc1. The summed E-state index contributed by atoms with van der Waals surface area (Å²) in [4.78, 5) is 29.8. The number of nitrogens with zero attached hydrogens (tertiary/aromatic N) is 2. The number of nitrogens with one attached hydrogen (secondary N) is 1. The molecule has 1 aliphatic rings. The minimum absolute atomic E-state index is 0.120. The minimum Gasteiger partial charge on any atom is -0.493 e. The largest absolute Gasteiger partial charge is 0.493 e. The van der Waals surface area contributed by atoms with Crippen LogP contribution in [0.15, 0.2) is 40.0 Å². The highest BCUT2D eigenvalue weighted by atomic mass is 32.1. The predicted octanol–water partition coefficient (Wildman–Crippen LogP) is 2.31. The van der Waals surface area contributed by atoms with Crippen LogP contribution >= 0.6 is 11.3 Å². The van der Waals surface area contributed by atoms with Gasteiger partial charge in [0.15, 0.2) is 0 Å². The summed E-state index contributed by atoms with van der Waals surface area (Å²) in [7, 11) is 0. The Balaban J connectivity index is 2.01. The number of carbonyl (C=O) groups excluding carboxylic acids is 1. The van der Waals surface area contributed by atoms with Gasteiger partial charge in [-0.1, -0.05) is 30.4 Å². The van der Waals surface area contributed by atoms with Gasteiger partial charge in [-0.2, -0.15) is 0 Å². The summed E-state index contributed by atoms with van der Waals surface area (Å²) in [5.41, 5.74) is 1.92. The summed E-state index contributed by atoms with van der Waals surface area (Å²) >= 11 is 0.793. The van der Waals surface area contributed by atoms with Crippen LogP contribution in [-0.4, -0.2) is 20.8 Å². The molecule has 3 rings (SSSR count). The number of hydrogen-bond acceptors (Lipinski definition) is 6. The molecule has 0 bridgehead atoms. The number of aromatic amines is 1. The van der Waals surface area contributed by atoms with Gasteiger partial charge in [-0.15, -0.1) is 0 Å². The normalized spacial score (nSPS) is 16.0. The highest BCUT2D eigenvalue weighted by Crippen LogP contribution is 2.27. The fourth-order valence-electron chi connectivity index (χ4n) is 1.99. The van der Waals surface area contributed by atoms with Crippen molar-refractivity contribution < 1.29 is 19.4 Å². The molecule has 0 saturated heterocycles. The number of hydrogen-bond donors (Lipinski definition) is 2. The van der Waals surface area contributed by atoms with Gasteiger partial charge in [0, 0.05) is 18.2 Å². The van der Waals surface area contributed by atoms with Crippen molar-refractivity contribution in [3.8, 4) is 5.88 Å². The second kappa shape index (κ2) is 5.57. The number of carbonyl (C=O) groups is 1. The van der Waals surface area contributed by atoms with Crippen molar-refractivity contribution in [1.29, 1.82) is 0 Å². The maximum absolute atomic E-state index is 11.8. The lowest BCUT2D eigenvalue weighted by molar-refractivity contribution is -0.462. The van der Waals surface area contributed by atoms with E-state index in [1.54, 1.807) is 0 Å². The fraction of sp³-hybridized carbons (Fsp3) is 0.143. The Bertz CT molecular complexity index is 846. The number of benzene rings is 1. The highest BCUT2D eigenvalue weighted by molar-refractivity contribution is 7.10. The number of aromatic hydroxyl groups is 1. The lowest BCUT2D eigenvalue weighted by Gasteiger charge is -1.96. The molecular formula is C14H12N3O4S+. The number of thiazole rings is 1. The molecule has 1 aromatic heterocycles. The Morgan fingerprint density at radius 3 is 2.68 bits per heavy atom. The minimum atomic E-state index is -0.653. The fourth-order valence-corrected chi connectivity index (χ4v) is 2.65. The van der Waals surface area contributed by atoms with E-state index in [1.807, 2.05) is 31.2 Å². The smallest absolute Gasteiger partial charge is 0.437 e. The molecule has 8 heteroatoms. The first kappa shape index (κ1) is 14.2. The van der Waals surface area contributed by atoms with E-state index in [9.17, 15) is 14.7 Å². The van der Waals surface area contributed by atoms with Gasteiger partial charge in [-0.3, -0.25) is 14.6 Å². The van der Waals surface area contributed by atoms with Gasteiger partial charge in [0.25, 0.3) is 0 Å². The third kappa shape index (κ3) is 2.56. The number of rotatable bonds is 3. The van der Waals surface area contributed by atoms with Crippen molar-refractivity contribution in [2.45, 2.75) is 13.3 Å². The molecule has 2 heterocycles. The van der Waals surface area contributed by atoms with Gasteiger partial charge in [-0.05, 0) is 16.7 Å². The molecule has 2 N–H and O–H groups in total. The van der Waals surface area contributed by atoms with Crippen LogP contribution in [0.3, 0.4) is 0 Å².